The van der Waals surface area contributed by atoms with Gasteiger partial charge in [-0.3, -0.25) is 9.78 Å². The van der Waals surface area contributed by atoms with Gasteiger partial charge >= 0.3 is 0 Å². The van der Waals surface area contributed by atoms with Crippen LogP contribution in [0.1, 0.15) is 24.6 Å². The Kier molecular flexibility index (Phi) is 2.71. The number of H-pyrrole nitrogens is 1. The van der Waals surface area contributed by atoms with E-state index >= 15 is 0 Å². The Bertz CT molecular complexity index is 367. The number of hydrogen-bond acceptors (Lipinski definition) is 3. The predicted molar refractivity (Wildman–Crippen MR) is 54.4 cm³/mol. The van der Waals surface area contributed by atoms with Crippen molar-refractivity contribution in [2.75, 3.05) is 6.61 Å². The summed E-state index contributed by atoms with van der Waals surface area (Å²) in [6, 6.07) is 1.79. The van der Waals surface area contributed by atoms with Crippen LogP contribution in [0.4, 0.5) is 0 Å². The summed E-state index contributed by atoms with van der Waals surface area (Å²) in [6.45, 7) is 0.0496. The van der Waals surface area contributed by atoms with Gasteiger partial charge < -0.3 is 10.2 Å². The highest BCUT2D eigenvalue weighted by Gasteiger charge is 2.33. The van der Waals surface area contributed by atoms with Gasteiger partial charge in [0.05, 0.1) is 24.9 Å². The molecule has 0 spiro atoms. The van der Waals surface area contributed by atoms with Crippen molar-refractivity contribution in [1.29, 1.82) is 0 Å². The Balaban J connectivity index is 2.31. The second kappa shape index (κ2) is 3.84. The predicted octanol–water partition coefficient (Wildman–Crippen LogP) is 0.981. The first-order chi connectivity index (χ1) is 6.76. The number of hydrogen-bond donors (Lipinski definition) is 3. The number of rotatable bonds is 4. The topological polar surface area (TPSA) is 61.2 Å². The van der Waals surface area contributed by atoms with Crippen molar-refractivity contribution in [2.24, 2.45) is 5.92 Å². The zero-order chi connectivity index (χ0) is 10.1. The molecular formula is C9H14N2O2S. The first-order valence-electron chi connectivity index (χ1n) is 4.78. The summed E-state index contributed by atoms with van der Waals surface area (Å²) in [5.74, 6) is 0.531. The van der Waals surface area contributed by atoms with Gasteiger partial charge in [-0.25, -0.2) is 0 Å². The third-order valence-electron chi connectivity index (χ3n) is 2.68. The van der Waals surface area contributed by atoms with E-state index in [1.165, 1.54) is 0 Å². The number of aliphatic hydroxyl groups is 2. The number of nitrogens with zero attached hydrogens (tertiary/aromatic N) is 1. The van der Waals surface area contributed by atoms with Crippen molar-refractivity contribution in [3.05, 3.63) is 16.4 Å². The van der Waals surface area contributed by atoms with Crippen LogP contribution in [0.25, 0.3) is 0 Å². The van der Waals surface area contributed by atoms with E-state index in [0.29, 0.717) is 10.6 Å². The van der Waals surface area contributed by atoms with Gasteiger partial charge in [-0.15, -0.1) is 0 Å². The molecular weight excluding hydrogens is 200 g/mol. The van der Waals surface area contributed by atoms with E-state index in [-0.39, 0.29) is 19.3 Å². The zero-order valence-corrected chi connectivity index (χ0v) is 8.63. The molecule has 78 valence electrons. The van der Waals surface area contributed by atoms with Crippen molar-refractivity contribution < 1.29 is 10.2 Å². The fourth-order valence-electron chi connectivity index (χ4n) is 1.78. The van der Waals surface area contributed by atoms with Crippen LogP contribution in [0.15, 0.2) is 6.07 Å². The summed E-state index contributed by atoms with van der Waals surface area (Å²) in [4.78, 5) is 0. The third kappa shape index (κ3) is 1.75. The number of aromatic amines is 1. The second-order valence-electron chi connectivity index (χ2n) is 3.73. The molecule has 5 heteroatoms. The average molecular weight is 214 g/mol. The highest BCUT2D eigenvalue weighted by Crippen LogP contribution is 2.39. The first-order valence-corrected chi connectivity index (χ1v) is 5.19. The molecule has 0 saturated heterocycles. The van der Waals surface area contributed by atoms with E-state index in [1.54, 1.807) is 10.7 Å². The Hall–Kier alpha value is -0.650. The number of aliphatic hydroxyl groups excluding tert-OH is 2. The molecule has 1 unspecified atom stereocenters. The molecule has 1 fully saturated rings. The van der Waals surface area contributed by atoms with Crippen LogP contribution in [0, 0.1) is 10.6 Å². The van der Waals surface area contributed by atoms with Gasteiger partial charge in [-0.05, 0) is 24.8 Å². The summed E-state index contributed by atoms with van der Waals surface area (Å²) in [7, 11) is 0. The molecule has 0 amide bonds. The average Bonchev–Trinajstić information content (AvgIpc) is 2.92. The van der Waals surface area contributed by atoms with Crippen LogP contribution in [0.5, 0.6) is 0 Å². The number of aromatic nitrogens is 2. The minimum absolute atomic E-state index is 0.0453. The molecule has 1 atom stereocenters. The fraction of sp³-hybridized carbons (Fsp3) is 0.667. The van der Waals surface area contributed by atoms with Crippen molar-refractivity contribution in [1.82, 2.24) is 9.78 Å². The van der Waals surface area contributed by atoms with E-state index in [4.69, 9.17) is 17.3 Å². The van der Waals surface area contributed by atoms with Crippen molar-refractivity contribution in [2.45, 2.75) is 25.5 Å². The first kappa shape index (κ1) is 9.89. The lowest BCUT2D eigenvalue weighted by Crippen LogP contribution is -2.19. The van der Waals surface area contributed by atoms with Gasteiger partial charge in [-0.1, -0.05) is 12.2 Å². The molecule has 4 nitrogen and oxygen atoms in total. The molecule has 1 aliphatic rings. The third-order valence-corrected chi connectivity index (χ3v) is 2.89. The maximum Gasteiger partial charge on any atom is 0.119 e. The monoisotopic (exact) mass is 214 g/mol. The molecule has 14 heavy (non-hydrogen) atoms. The molecule has 1 saturated carbocycles. The number of nitrogens with one attached hydrogen (secondary N) is 1. The van der Waals surface area contributed by atoms with Gasteiger partial charge in [0.15, 0.2) is 0 Å². The molecule has 0 aliphatic heterocycles. The van der Waals surface area contributed by atoms with Gasteiger partial charge in [0.1, 0.15) is 4.64 Å². The van der Waals surface area contributed by atoms with Crippen molar-refractivity contribution in [3.8, 4) is 0 Å². The molecule has 0 bridgehead atoms. The molecule has 1 aromatic rings. The largest absolute Gasteiger partial charge is 0.394 e. The van der Waals surface area contributed by atoms with Crippen LogP contribution in [0.2, 0.25) is 0 Å². The molecule has 3 N–H and O–H groups in total. The van der Waals surface area contributed by atoms with Crippen molar-refractivity contribution in [3.63, 3.8) is 0 Å². The van der Waals surface area contributed by atoms with Crippen LogP contribution in [-0.2, 0) is 6.61 Å². The molecule has 0 radical (unpaired) electrons. The lowest BCUT2D eigenvalue weighted by Gasteiger charge is -2.17. The smallest absolute Gasteiger partial charge is 0.119 e. The zero-order valence-electron chi connectivity index (χ0n) is 7.81. The quantitative estimate of drug-likeness (QED) is 0.655. The van der Waals surface area contributed by atoms with E-state index in [9.17, 15) is 5.11 Å². The minimum Gasteiger partial charge on any atom is -0.394 e. The minimum atomic E-state index is -0.0453. The summed E-state index contributed by atoms with van der Waals surface area (Å²) in [5.41, 5.74) is 0.751. The second-order valence-corrected chi connectivity index (χ2v) is 4.17. The Morgan fingerprint density at radius 2 is 2.29 bits per heavy atom. The Morgan fingerprint density at radius 1 is 1.57 bits per heavy atom. The van der Waals surface area contributed by atoms with Gasteiger partial charge in [-0.2, -0.15) is 0 Å². The normalized spacial score (nSPS) is 18.4. The van der Waals surface area contributed by atoms with E-state index in [2.05, 4.69) is 5.10 Å². The molecule has 2 rings (SSSR count). The van der Waals surface area contributed by atoms with Crippen LogP contribution < -0.4 is 0 Å². The lowest BCUT2D eigenvalue weighted by atomic mass is 10.2. The maximum absolute atomic E-state index is 9.26. The van der Waals surface area contributed by atoms with E-state index < -0.39 is 0 Å². The summed E-state index contributed by atoms with van der Waals surface area (Å²) < 4.78 is 2.41. The fourth-order valence-corrected chi connectivity index (χ4v) is 2.02. The van der Waals surface area contributed by atoms with Crippen LogP contribution >= 0.6 is 12.2 Å². The van der Waals surface area contributed by atoms with E-state index in [0.717, 1.165) is 18.5 Å². The maximum atomic E-state index is 9.26. The summed E-state index contributed by atoms with van der Waals surface area (Å²) in [6.07, 6.45) is 2.30. The van der Waals surface area contributed by atoms with E-state index in [1.807, 2.05) is 0 Å². The summed E-state index contributed by atoms with van der Waals surface area (Å²) >= 11 is 4.99. The highest BCUT2D eigenvalue weighted by molar-refractivity contribution is 7.71. The molecule has 1 heterocycles. The standard InChI is InChI=1S/C9H14N2O2S/c12-4-7-3-9(14)10-11(7)8(5-13)6-1-2-6/h3,6,8,12-13H,1-2,4-5H2,(H,10,14). The summed E-state index contributed by atoms with van der Waals surface area (Å²) in [5, 5.41) is 21.4. The van der Waals surface area contributed by atoms with Gasteiger partial charge in [0.25, 0.3) is 0 Å². The van der Waals surface area contributed by atoms with Gasteiger partial charge in [0.2, 0.25) is 0 Å². The van der Waals surface area contributed by atoms with Crippen LogP contribution in [0.3, 0.4) is 0 Å². The van der Waals surface area contributed by atoms with Gasteiger partial charge in [0, 0.05) is 0 Å². The van der Waals surface area contributed by atoms with Crippen LogP contribution in [-0.4, -0.2) is 26.6 Å². The molecule has 1 aromatic heterocycles. The van der Waals surface area contributed by atoms with Crippen molar-refractivity contribution >= 4 is 12.2 Å². The SMILES string of the molecule is OCc1cc(=S)[nH]n1C(CO)C1CC1. The Labute approximate surface area is 87.2 Å². The highest BCUT2D eigenvalue weighted by atomic mass is 32.1. The Morgan fingerprint density at radius 3 is 2.79 bits per heavy atom. The lowest BCUT2D eigenvalue weighted by molar-refractivity contribution is 0.188. The molecule has 1 aliphatic carbocycles. The molecule has 0 aromatic carbocycles.